The SMILES string of the molecule is Cc1cc(CCNC(=O)CCCCl)on1. The molecular formula is C10H15ClN2O2. The molecule has 0 fully saturated rings. The highest BCUT2D eigenvalue weighted by Crippen LogP contribution is 2.02. The average Bonchev–Trinajstić information content (AvgIpc) is 2.61. The molecule has 1 aromatic rings. The molecule has 15 heavy (non-hydrogen) atoms. The molecule has 0 aliphatic carbocycles. The minimum atomic E-state index is 0.0342. The van der Waals surface area contributed by atoms with Crippen LogP contribution in [0.25, 0.3) is 0 Å². The molecule has 0 atom stereocenters. The van der Waals surface area contributed by atoms with E-state index in [-0.39, 0.29) is 5.91 Å². The summed E-state index contributed by atoms with van der Waals surface area (Å²) in [4.78, 5) is 11.2. The topological polar surface area (TPSA) is 55.1 Å². The number of aromatic nitrogens is 1. The van der Waals surface area contributed by atoms with Gasteiger partial charge in [-0.15, -0.1) is 11.6 Å². The van der Waals surface area contributed by atoms with Gasteiger partial charge in [-0.2, -0.15) is 0 Å². The summed E-state index contributed by atoms with van der Waals surface area (Å²) in [6, 6.07) is 1.87. The number of hydrogen-bond donors (Lipinski definition) is 1. The second-order valence-corrected chi connectivity index (χ2v) is 3.71. The zero-order valence-corrected chi connectivity index (χ0v) is 9.51. The first-order valence-electron chi connectivity index (χ1n) is 4.97. The van der Waals surface area contributed by atoms with E-state index in [1.54, 1.807) is 0 Å². The van der Waals surface area contributed by atoms with E-state index in [2.05, 4.69) is 10.5 Å². The Kier molecular flexibility index (Phi) is 5.18. The number of aryl methyl sites for hydroxylation is 1. The maximum atomic E-state index is 11.2. The number of hydrogen-bond acceptors (Lipinski definition) is 3. The smallest absolute Gasteiger partial charge is 0.220 e. The minimum Gasteiger partial charge on any atom is -0.361 e. The van der Waals surface area contributed by atoms with Crippen molar-refractivity contribution in [1.29, 1.82) is 0 Å². The van der Waals surface area contributed by atoms with Crippen LogP contribution < -0.4 is 5.32 Å². The van der Waals surface area contributed by atoms with Crippen molar-refractivity contribution in [3.05, 3.63) is 17.5 Å². The second kappa shape index (κ2) is 6.45. The molecule has 0 aromatic carbocycles. The third-order valence-electron chi connectivity index (χ3n) is 1.91. The first kappa shape index (κ1) is 12.0. The largest absolute Gasteiger partial charge is 0.361 e. The standard InChI is InChI=1S/C10H15ClN2O2/c1-8-7-9(15-13-8)4-6-12-10(14)3-2-5-11/h7H,2-6H2,1H3,(H,12,14). The molecule has 1 amide bonds. The maximum Gasteiger partial charge on any atom is 0.220 e. The van der Waals surface area contributed by atoms with Gasteiger partial charge >= 0.3 is 0 Å². The van der Waals surface area contributed by atoms with Crippen LogP contribution in [0.1, 0.15) is 24.3 Å². The lowest BCUT2D eigenvalue weighted by molar-refractivity contribution is -0.121. The summed E-state index contributed by atoms with van der Waals surface area (Å²) >= 11 is 5.48. The summed E-state index contributed by atoms with van der Waals surface area (Å²) in [6.07, 6.45) is 1.88. The summed E-state index contributed by atoms with van der Waals surface area (Å²) < 4.78 is 5.00. The molecule has 0 bridgehead atoms. The molecular weight excluding hydrogens is 216 g/mol. The lowest BCUT2D eigenvalue weighted by atomic mass is 10.3. The fourth-order valence-corrected chi connectivity index (χ4v) is 1.31. The molecule has 0 unspecified atom stereocenters. The van der Waals surface area contributed by atoms with Crippen molar-refractivity contribution in [2.24, 2.45) is 0 Å². The highest BCUT2D eigenvalue weighted by Gasteiger charge is 2.02. The number of carbonyl (C=O) groups is 1. The lowest BCUT2D eigenvalue weighted by Crippen LogP contribution is -2.25. The third-order valence-corrected chi connectivity index (χ3v) is 2.18. The Morgan fingerprint density at radius 1 is 1.67 bits per heavy atom. The molecule has 1 N–H and O–H groups in total. The zero-order valence-electron chi connectivity index (χ0n) is 8.75. The number of rotatable bonds is 6. The van der Waals surface area contributed by atoms with E-state index in [9.17, 15) is 4.79 Å². The summed E-state index contributed by atoms with van der Waals surface area (Å²) in [5, 5.41) is 6.55. The first-order valence-corrected chi connectivity index (χ1v) is 5.50. The Labute approximate surface area is 94.0 Å². The van der Waals surface area contributed by atoms with Gasteiger partial charge < -0.3 is 9.84 Å². The fourth-order valence-electron chi connectivity index (χ4n) is 1.18. The summed E-state index contributed by atoms with van der Waals surface area (Å²) in [6.45, 7) is 2.45. The molecule has 0 aliphatic rings. The third kappa shape index (κ3) is 4.83. The number of alkyl halides is 1. The first-order chi connectivity index (χ1) is 7.22. The van der Waals surface area contributed by atoms with Crippen LogP contribution in [0.2, 0.25) is 0 Å². The highest BCUT2D eigenvalue weighted by atomic mass is 35.5. The van der Waals surface area contributed by atoms with Gasteiger partial charge in [0.1, 0.15) is 5.76 Å². The van der Waals surface area contributed by atoms with Crippen molar-refractivity contribution in [2.75, 3.05) is 12.4 Å². The monoisotopic (exact) mass is 230 g/mol. The molecule has 0 radical (unpaired) electrons. The predicted molar refractivity (Wildman–Crippen MR) is 57.9 cm³/mol. The number of nitrogens with one attached hydrogen (secondary N) is 1. The van der Waals surface area contributed by atoms with Crippen molar-refractivity contribution < 1.29 is 9.32 Å². The Morgan fingerprint density at radius 2 is 2.47 bits per heavy atom. The van der Waals surface area contributed by atoms with E-state index in [0.29, 0.717) is 25.3 Å². The number of nitrogens with zero attached hydrogens (tertiary/aromatic N) is 1. The van der Waals surface area contributed by atoms with Crippen LogP contribution >= 0.6 is 11.6 Å². The Bertz CT molecular complexity index is 312. The molecule has 0 spiro atoms. The van der Waals surface area contributed by atoms with E-state index in [1.165, 1.54) is 0 Å². The molecule has 5 heteroatoms. The van der Waals surface area contributed by atoms with Gasteiger partial charge in [-0.3, -0.25) is 4.79 Å². The van der Waals surface area contributed by atoms with Crippen LogP contribution in [0.4, 0.5) is 0 Å². The van der Waals surface area contributed by atoms with Crippen molar-refractivity contribution >= 4 is 17.5 Å². The summed E-state index contributed by atoms with van der Waals surface area (Å²) in [5.74, 6) is 1.35. The number of carbonyl (C=O) groups excluding carboxylic acids is 1. The van der Waals surface area contributed by atoms with E-state index < -0.39 is 0 Å². The summed E-state index contributed by atoms with van der Waals surface area (Å²) in [7, 11) is 0. The molecule has 1 rings (SSSR count). The van der Waals surface area contributed by atoms with E-state index >= 15 is 0 Å². The van der Waals surface area contributed by atoms with E-state index in [4.69, 9.17) is 16.1 Å². The Hall–Kier alpha value is -1.03. The van der Waals surface area contributed by atoms with Gasteiger partial charge in [0.2, 0.25) is 5.91 Å². The van der Waals surface area contributed by atoms with E-state index in [0.717, 1.165) is 17.9 Å². The van der Waals surface area contributed by atoms with Crippen molar-refractivity contribution in [3.63, 3.8) is 0 Å². The molecule has 1 heterocycles. The normalized spacial score (nSPS) is 10.3. The lowest BCUT2D eigenvalue weighted by Gasteiger charge is -2.01. The van der Waals surface area contributed by atoms with Gasteiger partial charge in [0, 0.05) is 31.3 Å². The zero-order chi connectivity index (χ0) is 11.1. The van der Waals surface area contributed by atoms with Gasteiger partial charge in [0.05, 0.1) is 5.69 Å². The molecule has 4 nitrogen and oxygen atoms in total. The van der Waals surface area contributed by atoms with Crippen LogP contribution in [-0.4, -0.2) is 23.5 Å². The molecule has 84 valence electrons. The minimum absolute atomic E-state index is 0.0342. The second-order valence-electron chi connectivity index (χ2n) is 3.33. The van der Waals surface area contributed by atoms with Crippen LogP contribution in [0.15, 0.2) is 10.6 Å². The van der Waals surface area contributed by atoms with Gasteiger partial charge in [-0.25, -0.2) is 0 Å². The molecule has 0 saturated carbocycles. The van der Waals surface area contributed by atoms with Crippen molar-refractivity contribution in [1.82, 2.24) is 10.5 Å². The van der Waals surface area contributed by atoms with Gasteiger partial charge in [-0.05, 0) is 13.3 Å². The average molecular weight is 231 g/mol. The van der Waals surface area contributed by atoms with Crippen LogP contribution in [0.3, 0.4) is 0 Å². The fraction of sp³-hybridized carbons (Fsp3) is 0.600. The van der Waals surface area contributed by atoms with Crippen LogP contribution in [0, 0.1) is 6.92 Å². The van der Waals surface area contributed by atoms with Gasteiger partial charge in [-0.1, -0.05) is 5.16 Å². The number of halogens is 1. The number of amides is 1. The van der Waals surface area contributed by atoms with Crippen molar-refractivity contribution in [3.8, 4) is 0 Å². The Balaban J connectivity index is 2.13. The molecule has 0 aliphatic heterocycles. The van der Waals surface area contributed by atoms with Gasteiger partial charge in [0.25, 0.3) is 0 Å². The molecule has 1 aromatic heterocycles. The quantitative estimate of drug-likeness (QED) is 0.757. The molecule has 0 saturated heterocycles. The van der Waals surface area contributed by atoms with Gasteiger partial charge in [0.15, 0.2) is 0 Å². The van der Waals surface area contributed by atoms with Crippen molar-refractivity contribution in [2.45, 2.75) is 26.2 Å². The highest BCUT2D eigenvalue weighted by molar-refractivity contribution is 6.17. The predicted octanol–water partition coefficient (Wildman–Crippen LogP) is 1.66. The van der Waals surface area contributed by atoms with Crippen LogP contribution in [-0.2, 0) is 11.2 Å². The maximum absolute atomic E-state index is 11.2. The summed E-state index contributed by atoms with van der Waals surface area (Å²) in [5.41, 5.74) is 0.860. The van der Waals surface area contributed by atoms with Crippen LogP contribution in [0.5, 0.6) is 0 Å². The van der Waals surface area contributed by atoms with E-state index in [1.807, 2.05) is 13.0 Å². The Morgan fingerprint density at radius 3 is 3.07 bits per heavy atom.